The number of rotatable bonds is 5. The number of benzene rings is 2. The molecule has 0 atom stereocenters. The van der Waals surface area contributed by atoms with E-state index in [2.05, 4.69) is 0 Å². The van der Waals surface area contributed by atoms with E-state index in [-0.39, 0.29) is 22.6 Å². The molecule has 7 heteroatoms. The lowest BCUT2D eigenvalue weighted by molar-refractivity contribution is -0.136. The van der Waals surface area contributed by atoms with Crippen LogP contribution in [0, 0.1) is 0 Å². The minimum atomic E-state index is -0.655. The number of carbonyl (C=O) groups is 2. The van der Waals surface area contributed by atoms with E-state index in [4.69, 9.17) is 21.1 Å². The Bertz CT molecular complexity index is 1040. The fourth-order valence-electron chi connectivity index (χ4n) is 3.19. The van der Waals surface area contributed by atoms with Gasteiger partial charge in [-0.1, -0.05) is 35.9 Å². The number of aromatic hydroxyl groups is 1. The molecule has 1 amide bonds. The van der Waals surface area contributed by atoms with E-state index in [1.54, 1.807) is 56.3 Å². The molecule has 0 aromatic heterocycles. The number of hydrogen-bond acceptors (Lipinski definition) is 5. The van der Waals surface area contributed by atoms with Crippen LogP contribution in [0.3, 0.4) is 0 Å². The molecule has 1 aliphatic rings. The van der Waals surface area contributed by atoms with Gasteiger partial charge in [0.25, 0.3) is 5.91 Å². The predicted molar refractivity (Wildman–Crippen MR) is 111 cm³/mol. The molecule has 0 unspecified atom stereocenters. The summed E-state index contributed by atoms with van der Waals surface area (Å²) in [6.45, 7) is 3.82. The van der Waals surface area contributed by atoms with Crippen LogP contribution in [0.2, 0.25) is 5.02 Å². The fourth-order valence-corrected chi connectivity index (χ4v) is 3.41. The van der Waals surface area contributed by atoms with Crippen LogP contribution in [0.25, 0.3) is 6.08 Å². The van der Waals surface area contributed by atoms with Gasteiger partial charge in [0.2, 0.25) is 0 Å². The molecule has 29 heavy (non-hydrogen) atoms. The molecule has 2 aromatic carbocycles. The number of halogens is 1. The van der Waals surface area contributed by atoms with Crippen molar-refractivity contribution in [2.24, 2.45) is 0 Å². The molecule has 3 rings (SSSR count). The van der Waals surface area contributed by atoms with Gasteiger partial charge in [-0.3, -0.25) is 9.69 Å². The molecule has 0 saturated heterocycles. The number of methoxy groups -OCH3 is 1. The van der Waals surface area contributed by atoms with Crippen LogP contribution < -0.4 is 9.64 Å². The third-order valence-corrected chi connectivity index (χ3v) is 4.83. The van der Waals surface area contributed by atoms with Gasteiger partial charge in [-0.15, -0.1) is 0 Å². The molecule has 0 radical (unpaired) electrons. The first-order valence-electron chi connectivity index (χ1n) is 8.95. The topological polar surface area (TPSA) is 76.1 Å². The molecular formula is C22H20ClNO5. The van der Waals surface area contributed by atoms with E-state index >= 15 is 0 Å². The van der Waals surface area contributed by atoms with Crippen molar-refractivity contribution in [2.45, 2.75) is 13.8 Å². The average molecular weight is 414 g/mol. The smallest absolute Gasteiger partial charge is 0.340 e. The molecule has 0 aliphatic carbocycles. The lowest BCUT2D eigenvalue weighted by atomic mass is 10.0. The van der Waals surface area contributed by atoms with Gasteiger partial charge < -0.3 is 14.6 Å². The zero-order valence-electron chi connectivity index (χ0n) is 16.2. The molecule has 1 aliphatic heterocycles. The van der Waals surface area contributed by atoms with E-state index in [9.17, 15) is 14.7 Å². The van der Waals surface area contributed by atoms with Crippen molar-refractivity contribution in [1.29, 1.82) is 0 Å². The van der Waals surface area contributed by atoms with E-state index < -0.39 is 11.9 Å². The zero-order chi connectivity index (χ0) is 21.1. The summed E-state index contributed by atoms with van der Waals surface area (Å²) in [6, 6.07) is 11.8. The van der Waals surface area contributed by atoms with Gasteiger partial charge in [-0.2, -0.15) is 0 Å². The number of carbonyl (C=O) groups excluding carboxylic acids is 2. The summed E-state index contributed by atoms with van der Waals surface area (Å²) in [5.41, 5.74) is 1.39. The molecule has 0 spiro atoms. The van der Waals surface area contributed by atoms with Crippen molar-refractivity contribution in [1.82, 2.24) is 0 Å². The molecular weight excluding hydrogens is 394 g/mol. The zero-order valence-corrected chi connectivity index (χ0v) is 17.0. The molecule has 0 fully saturated rings. The average Bonchev–Trinajstić information content (AvgIpc) is 2.95. The van der Waals surface area contributed by atoms with Gasteiger partial charge in [0.1, 0.15) is 0 Å². The number of allylic oxidation sites excluding steroid dienone is 1. The quantitative estimate of drug-likeness (QED) is 0.583. The van der Waals surface area contributed by atoms with Crippen molar-refractivity contribution in [3.8, 4) is 11.5 Å². The maximum atomic E-state index is 13.3. The lowest BCUT2D eigenvalue weighted by Crippen LogP contribution is -2.24. The Morgan fingerprint density at radius 1 is 1.21 bits per heavy atom. The van der Waals surface area contributed by atoms with Crippen molar-refractivity contribution < 1.29 is 24.2 Å². The second kappa shape index (κ2) is 8.41. The van der Waals surface area contributed by atoms with Gasteiger partial charge in [0, 0.05) is 11.3 Å². The Labute approximate surface area is 173 Å². The normalized spacial score (nSPS) is 15.2. The van der Waals surface area contributed by atoms with Crippen molar-refractivity contribution in [3.63, 3.8) is 0 Å². The Morgan fingerprint density at radius 2 is 1.93 bits per heavy atom. The standard InChI is InChI=1S/C22H20ClNO5/c1-4-29-18-11-7-8-14(20(18)25)12-15-19(22(27)28-3)13(2)24(21(15)26)17-10-6-5-9-16(17)23/h5-12,25H,4H2,1-3H3/b15-12-. The molecule has 150 valence electrons. The summed E-state index contributed by atoms with van der Waals surface area (Å²) in [5, 5.41) is 10.9. The summed E-state index contributed by atoms with van der Waals surface area (Å²) in [7, 11) is 1.25. The fraction of sp³-hybridized carbons (Fsp3) is 0.182. The Kier molecular flexibility index (Phi) is 5.94. The van der Waals surface area contributed by atoms with E-state index in [0.717, 1.165) is 0 Å². The van der Waals surface area contributed by atoms with Crippen LogP contribution >= 0.6 is 11.6 Å². The summed E-state index contributed by atoms with van der Waals surface area (Å²) < 4.78 is 10.3. The molecule has 0 saturated carbocycles. The molecule has 1 heterocycles. The van der Waals surface area contributed by atoms with E-state index in [0.29, 0.717) is 28.6 Å². The minimum absolute atomic E-state index is 0.0956. The molecule has 6 nitrogen and oxygen atoms in total. The highest BCUT2D eigenvalue weighted by atomic mass is 35.5. The highest BCUT2D eigenvalue weighted by Gasteiger charge is 2.38. The molecule has 0 bridgehead atoms. The number of anilines is 1. The monoisotopic (exact) mass is 413 g/mol. The van der Waals surface area contributed by atoms with Gasteiger partial charge in [0.05, 0.1) is 35.6 Å². The van der Waals surface area contributed by atoms with E-state index in [1.807, 2.05) is 0 Å². The maximum absolute atomic E-state index is 13.3. The van der Waals surface area contributed by atoms with Crippen LogP contribution in [-0.2, 0) is 14.3 Å². The number of phenolic OH excluding ortho intramolecular Hbond substituents is 1. The van der Waals surface area contributed by atoms with Crippen molar-refractivity contribution in [3.05, 3.63) is 69.9 Å². The SMILES string of the molecule is CCOc1cccc(/C=C2\C(=O)N(c3ccccc3Cl)C(C)=C2C(=O)OC)c1O. The van der Waals surface area contributed by atoms with Gasteiger partial charge in [-0.25, -0.2) is 4.79 Å². The van der Waals surface area contributed by atoms with Crippen LogP contribution in [0.5, 0.6) is 11.5 Å². The molecule has 1 N–H and O–H groups in total. The Morgan fingerprint density at radius 3 is 2.59 bits per heavy atom. The lowest BCUT2D eigenvalue weighted by Gasteiger charge is -2.19. The number of hydrogen-bond donors (Lipinski definition) is 1. The van der Waals surface area contributed by atoms with Gasteiger partial charge in [0.15, 0.2) is 11.5 Å². The highest BCUT2D eigenvalue weighted by molar-refractivity contribution is 6.35. The Hall–Kier alpha value is -3.25. The first kappa shape index (κ1) is 20.5. The number of esters is 1. The number of phenols is 1. The summed E-state index contributed by atoms with van der Waals surface area (Å²) in [4.78, 5) is 27.1. The van der Waals surface area contributed by atoms with Crippen LogP contribution in [0.15, 0.2) is 59.3 Å². The largest absolute Gasteiger partial charge is 0.504 e. The number of nitrogens with zero attached hydrogens (tertiary/aromatic N) is 1. The third kappa shape index (κ3) is 3.71. The predicted octanol–water partition coefficient (Wildman–Crippen LogP) is 4.32. The van der Waals surface area contributed by atoms with E-state index in [1.165, 1.54) is 18.1 Å². The summed E-state index contributed by atoms with van der Waals surface area (Å²) in [5.74, 6) is -0.933. The first-order chi connectivity index (χ1) is 13.9. The number of ether oxygens (including phenoxy) is 2. The highest BCUT2D eigenvalue weighted by Crippen LogP contribution is 2.40. The Balaban J connectivity index is 2.17. The maximum Gasteiger partial charge on any atom is 0.340 e. The summed E-state index contributed by atoms with van der Waals surface area (Å²) >= 11 is 6.28. The van der Waals surface area contributed by atoms with Crippen LogP contribution in [0.4, 0.5) is 5.69 Å². The van der Waals surface area contributed by atoms with Crippen LogP contribution in [-0.4, -0.2) is 30.7 Å². The number of amides is 1. The van der Waals surface area contributed by atoms with Crippen LogP contribution in [0.1, 0.15) is 19.4 Å². The number of para-hydroxylation sites is 2. The third-order valence-electron chi connectivity index (χ3n) is 4.51. The second-order valence-electron chi connectivity index (χ2n) is 6.23. The summed E-state index contributed by atoms with van der Waals surface area (Å²) in [6.07, 6.45) is 1.45. The van der Waals surface area contributed by atoms with Crippen molar-refractivity contribution >= 4 is 35.2 Å². The van der Waals surface area contributed by atoms with Crippen molar-refractivity contribution in [2.75, 3.05) is 18.6 Å². The molecule has 2 aromatic rings. The minimum Gasteiger partial charge on any atom is -0.504 e. The van der Waals surface area contributed by atoms with Gasteiger partial charge in [-0.05, 0) is 38.1 Å². The second-order valence-corrected chi connectivity index (χ2v) is 6.64. The first-order valence-corrected chi connectivity index (χ1v) is 9.33. The van der Waals surface area contributed by atoms with Gasteiger partial charge >= 0.3 is 5.97 Å².